The summed E-state index contributed by atoms with van der Waals surface area (Å²) in [5.41, 5.74) is 7.09. The van der Waals surface area contributed by atoms with Crippen LogP contribution in [0.3, 0.4) is 0 Å². The summed E-state index contributed by atoms with van der Waals surface area (Å²) in [5.74, 6) is 3.73. The second-order valence-corrected chi connectivity index (χ2v) is 9.45. The SMILES string of the molecule is Cc1cn2c(n1)-c1cc(Oc3ccc4c(c3)-c3nc(C)cn3C(C)(C)C4)ccc1CC2. The highest BCUT2D eigenvalue weighted by Crippen LogP contribution is 2.40. The summed E-state index contributed by atoms with van der Waals surface area (Å²) < 4.78 is 10.9. The fourth-order valence-corrected chi connectivity index (χ4v) is 5.04. The first kappa shape index (κ1) is 18.4. The summed E-state index contributed by atoms with van der Waals surface area (Å²) >= 11 is 0. The van der Waals surface area contributed by atoms with Gasteiger partial charge in [-0.15, -0.1) is 0 Å². The number of hydrogen-bond acceptors (Lipinski definition) is 3. The molecule has 0 saturated carbocycles. The van der Waals surface area contributed by atoms with Crippen LogP contribution >= 0.6 is 0 Å². The number of aromatic nitrogens is 4. The van der Waals surface area contributed by atoms with E-state index in [0.717, 1.165) is 59.5 Å². The molecule has 4 heterocycles. The molecule has 6 rings (SSSR count). The van der Waals surface area contributed by atoms with Gasteiger partial charge in [0.05, 0.1) is 11.4 Å². The first-order valence-corrected chi connectivity index (χ1v) is 10.9. The normalized spacial score (nSPS) is 15.6. The van der Waals surface area contributed by atoms with Gasteiger partial charge in [-0.3, -0.25) is 0 Å². The number of benzene rings is 2. The van der Waals surface area contributed by atoms with Crippen molar-refractivity contribution < 1.29 is 4.74 Å². The standard InChI is InChI=1S/C26H26N4O/c1-16-14-29-10-9-18-5-7-20(11-22(18)24(29)27-16)31-21-8-6-19-13-26(3,4)30-15-17(2)28-25(30)23(19)12-21/h5-8,11-12,14-15H,9-10,13H2,1-4H3. The Bertz CT molecular complexity index is 1340. The number of imidazole rings is 2. The average Bonchev–Trinajstić information content (AvgIpc) is 3.31. The highest BCUT2D eigenvalue weighted by Gasteiger charge is 2.31. The van der Waals surface area contributed by atoms with E-state index in [9.17, 15) is 0 Å². The van der Waals surface area contributed by atoms with E-state index >= 15 is 0 Å². The Morgan fingerprint density at radius 3 is 2.26 bits per heavy atom. The number of hydrogen-bond donors (Lipinski definition) is 0. The van der Waals surface area contributed by atoms with Gasteiger partial charge in [-0.05, 0) is 75.9 Å². The minimum Gasteiger partial charge on any atom is -0.457 e. The van der Waals surface area contributed by atoms with E-state index in [2.05, 4.69) is 78.7 Å². The first-order chi connectivity index (χ1) is 14.9. The lowest BCUT2D eigenvalue weighted by atomic mass is 9.87. The molecule has 2 aliphatic rings. The Morgan fingerprint density at radius 1 is 0.839 bits per heavy atom. The highest BCUT2D eigenvalue weighted by atomic mass is 16.5. The molecule has 2 aromatic carbocycles. The molecule has 0 unspecified atom stereocenters. The van der Waals surface area contributed by atoms with E-state index in [-0.39, 0.29) is 5.54 Å². The van der Waals surface area contributed by atoms with Crippen LogP contribution in [-0.4, -0.2) is 19.1 Å². The molecule has 31 heavy (non-hydrogen) atoms. The maximum Gasteiger partial charge on any atom is 0.141 e. The van der Waals surface area contributed by atoms with Crippen LogP contribution in [0.25, 0.3) is 22.8 Å². The molecule has 0 fully saturated rings. The van der Waals surface area contributed by atoms with Crippen LogP contribution in [0.4, 0.5) is 0 Å². The van der Waals surface area contributed by atoms with Gasteiger partial charge in [0, 0.05) is 35.6 Å². The number of nitrogens with zero attached hydrogens (tertiary/aromatic N) is 4. The van der Waals surface area contributed by atoms with Gasteiger partial charge in [0.15, 0.2) is 0 Å². The van der Waals surface area contributed by atoms with Gasteiger partial charge in [-0.1, -0.05) is 12.1 Å². The van der Waals surface area contributed by atoms with E-state index < -0.39 is 0 Å². The third-order valence-corrected chi connectivity index (χ3v) is 6.50. The molecular weight excluding hydrogens is 384 g/mol. The molecule has 0 aliphatic carbocycles. The lowest BCUT2D eigenvalue weighted by Gasteiger charge is -2.34. The smallest absolute Gasteiger partial charge is 0.141 e. The number of fused-ring (bicyclic) bond motifs is 6. The summed E-state index contributed by atoms with van der Waals surface area (Å²) in [6.45, 7) is 9.62. The van der Waals surface area contributed by atoms with Crippen LogP contribution in [0.1, 0.15) is 36.4 Å². The maximum atomic E-state index is 6.33. The second kappa shape index (κ2) is 6.33. The Kier molecular flexibility index (Phi) is 3.76. The molecule has 0 saturated heterocycles. The van der Waals surface area contributed by atoms with Crippen LogP contribution in [0, 0.1) is 13.8 Å². The van der Waals surface area contributed by atoms with E-state index in [1.807, 2.05) is 6.92 Å². The van der Waals surface area contributed by atoms with Gasteiger partial charge in [0.1, 0.15) is 23.1 Å². The van der Waals surface area contributed by atoms with E-state index in [0.29, 0.717) is 0 Å². The Labute approximate surface area is 182 Å². The van der Waals surface area contributed by atoms with Crippen LogP contribution < -0.4 is 4.74 Å². The van der Waals surface area contributed by atoms with Gasteiger partial charge in [0.2, 0.25) is 0 Å². The van der Waals surface area contributed by atoms with Gasteiger partial charge >= 0.3 is 0 Å². The zero-order valence-electron chi connectivity index (χ0n) is 18.4. The number of rotatable bonds is 2. The maximum absolute atomic E-state index is 6.33. The number of ether oxygens (including phenoxy) is 1. The zero-order chi connectivity index (χ0) is 21.3. The Hall–Kier alpha value is -3.34. The van der Waals surface area contributed by atoms with Crippen molar-refractivity contribution >= 4 is 0 Å². The predicted molar refractivity (Wildman–Crippen MR) is 122 cm³/mol. The Balaban J connectivity index is 1.37. The molecule has 156 valence electrons. The van der Waals surface area contributed by atoms with Gasteiger partial charge < -0.3 is 13.9 Å². The van der Waals surface area contributed by atoms with Gasteiger partial charge in [0.25, 0.3) is 0 Å². The molecule has 0 atom stereocenters. The summed E-state index contributed by atoms with van der Waals surface area (Å²) in [7, 11) is 0. The summed E-state index contributed by atoms with van der Waals surface area (Å²) in [4.78, 5) is 9.55. The van der Waals surface area contributed by atoms with Crippen molar-refractivity contribution in [1.82, 2.24) is 19.1 Å². The van der Waals surface area contributed by atoms with E-state index in [1.165, 1.54) is 16.7 Å². The summed E-state index contributed by atoms with van der Waals surface area (Å²) in [5, 5.41) is 0. The molecule has 5 nitrogen and oxygen atoms in total. The third kappa shape index (κ3) is 2.91. The molecule has 2 aromatic heterocycles. The van der Waals surface area contributed by atoms with Crippen molar-refractivity contribution in [3.05, 3.63) is 71.3 Å². The van der Waals surface area contributed by atoms with Crippen molar-refractivity contribution in [2.24, 2.45) is 0 Å². The minimum atomic E-state index is 0.0184. The number of aryl methyl sites for hydroxylation is 4. The lowest BCUT2D eigenvalue weighted by molar-refractivity contribution is 0.347. The minimum absolute atomic E-state index is 0.0184. The van der Waals surface area contributed by atoms with Crippen LogP contribution in [-0.2, 0) is 24.9 Å². The molecule has 0 N–H and O–H groups in total. The van der Waals surface area contributed by atoms with Crippen molar-refractivity contribution in [2.45, 2.75) is 52.6 Å². The Morgan fingerprint density at radius 2 is 1.48 bits per heavy atom. The molecule has 0 bridgehead atoms. The lowest BCUT2D eigenvalue weighted by Crippen LogP contribution is -2.32. The van der Waals surface area contributed by atoms with Gasteiger partial charge in [-0.2, -0.15) is 0 Å². The third-order valence-electron chi connectivity index (χ3n) is 6.50. The first-order valence-electron chi connectivity index (χ1n) is 10.9. The van der Waals surface area contributed by atoms with Crippen molar-refractivity contribution in [3.63, 3.8) is 0 Å². The molecule has 5 heteroatoms. The quantitative estimate of drug-likeness (QED) is 0.428. The zero-order valence-corrected chi connectivity index (χ0v) is 18.4. The fourth-order valence-electron chi connectivity index (χ4n) is 5.04. The monoisotopic (exact) mass is 410 g/mol. The molecular formula is C26H26N4O. The van der Waals surface area contributed by atoms with Crippen LogP contribution in [0.5, 0.6) is 11.5 Å². The van der Waals surface area contributed by atoms with Gasteiger partial charge in [-0.25, -0.2) is 9.97 Å². The van der Waals surface area contributed by atoms with E-state index in [4.69, 9.17) is 14.7 Å². The van der Waals surface area contributed by atoms with Crippen molar-refractivity contribution in [2.75, 3.05) is 0 Å². The highest BCUT2D eigenvalue weighted by molar-refractivity contribution is 5.68. The molecule has 0 amide bonds. The van der Waals surface area contributed by atoms with Crippen LogP contribution in [0.15, 0.2) is 48.8 Å². The topological polar surface area (TPSA) is 44.9 Å². The molecule has 0 spiro atoms. The van der Waals surface area contributed by atoms with Crippen molar-refractivity contribution in [1.29, 1.82) is 0 Å². The van der Waals surface area contributed by atoms with Crippen LogP contribution in [0.2, 0.25) is 0 Å². The van der Waals surface area contributed by atoms with Crippen molar-refractivity contribution in [3.8, 4) is 34.3 Å². The largest absolute Gasteiger partial charge is 0.457 e. The molecule has 4 aromatic rings. The fraction of sp³-hybridized carbons (Fsp3) is 0.308. The molecule has 0 radical (unpaired) electrons. The van der Waals surface area contributed by atoms with E-state index in [1.54, 1.807) is 0 Å². The summed E-state index contributed by atoms with van der Waals surface area (Å²) in [6, 6.07) is 12.8. The summed E-state index contributed by atoms with van der Waals surface area (Å²) in [6.07, 6.45) is 6.28. The molecule has 2 aliphatic heterocycles. The predicted octanol–water partition coefficient (Wildman–Crippen LogP) is 5.67. The second-order valence-electron chi connectivity index (χ2n) is 9.45. The average molecular weight is 411 g/mol.